The summed E-state index contributed by atoms with van der Waals surface area (Å²) in [5, 5.41) is 5.35. The molecule has 0 spiro atoms. The molecule has 2 atom stereocenters. The third-order valence-corrected chi connectivity index (χ3v) is 7.01. The molecule has 0 saturated carbocycles. The van der Waals surface area contributed by atoms with Gasteiger partial charge in [-0.25, -0.2) is 0 Å². The smallest absolute Gasteiger partial charge is 0.255 e. The maximum atomic E-state index is 13.0. The molecule has 2 aromatic carbocycles. The predicted molar refractivity (Wildman–Crippen MR) is 130 cm³/mol. The first kappa shape index (κ1) is 22.5. The van der Waals surface area contributed by atoms with Gasteiger partial charge in [0.15, 0.2) is 0 Å². The molecule has 5 nitrogen and oxygen atoms in total. The van der Waals surface area contributed by atoms with Crippen LogP contribution in [0, 0.1) is 0 Å². The number of para-hydroxylation sites is 1. The van der Waals surface area contributed by atoms with E-state index in [2.05, 4.69) is 69.9 Å². The van der Waals surface area contributed by atoms with Crippen LogP contribution >= 0.6 is 11.3 Å². The Morgan fingerprint density at radius 1 is 1.00 bits per heavy atom. The second-order valence-electron chi connectivity index (χ2n) is 8.22. The van der Waals surface area contributed by atoms with Crippen LogP contribution in [0.3, 0.4) is 0 Å². The van der Waals surface area contributed by atoms with Gasteiger partial charge in [-0.1, -0.05) is 48.5 Å². The molecule has 0 unspecified atom stereocenters. The van der Waals surface area contributed by atoms with Crippen LogP contribution in [0.1, 0.15) is 33.8 Å². The summed E-state index contributed by atoms with van der Waals surface area (Å²) in [6, 6.07) is 22.4. The zero-order chi connectivity index (χ0) is 22.3. The van der Waals surface area contributed by atoms with E-state index < -0.39 is 0 Å². The number of hydrogen-bond donors (Lipinski definition) is 1. The third-order valence-electron chi connectivity index (χ3n) is 6.07. The number of benzene rings is 2. The number of nitrogens with zero attached hydrogens (tertiary/aromatic N) is 2. The van der Waals surface area contributed by atoms with Crippen LogP contribution in [0.15, 0.2) is 72.1 Å². The van der Waals surface area contributed by atoms with Crippen LogP contribution in [0.2, 0.25) is 0 Å². The molecular formula is C26H31N3O2S. The Labute approximate surface area is 194 Å². The van der Waals surface area contributed by atoms with Crippen LogP contribution < -0.4 is 10.1 Å². The Kier molecular flexibility index (Phi) is 7.58. The highest BCUT2D eigenvalue weighted by atomic mass is 32.1. The molecule has 0 radical (unpaired) electrons. The quantitative estimate of drug-likeness (QED) is 0.552. The Hall–Kier alpha value is -2.67. The number of hydrogen-bond acceptors (Lipinski definition) is 5. The maximum absolute atomic E-state index is 13.0. The van der Waals surface area contributed by atoms with Crippen molar-refractivity contribution in [2.75, 3.05) is 33.3 Å². The van der Waals surface area contributed by atoms with E-state index in [-0.39, 0.29) is 18.0 Å². The Morgan fingerprint density at radius 2 is 1.72 bits per heavy atom. The van der Waals surface area contributed by atoms with Gasteiger partial charge in [0, 0.05) is 43.6 Å². The van der Waals surface area contributed by atoms with Crippen molar-refractivity contribution in [2.45, 2.75) is 25.6 Å². The molecule has 0 bridgehead atoms. The monoisotopic (exact) mass is 449 g/mol. The second-order valence-corrected chi connectivity index (χ2v) is 9.20. The third kappa shape index (κ3) is 5.38. The van der Waals surface area contributed by atoms with Crippen molar-refractivity contribution < 1.29 is 9.53 Å². The fourth-order valence-electron chi connectivity index (χ4n) is 4.44. The number of carbonyl (C=O) groups is 1. The van der Waals surface area contributed by atoms with Crippen molar-refractivity contribution in [3.8, 4) is 5.75 Å². The first-order valence-corrected chi connectivity index (χ1v) is 12.0. The molecule has 1 saturated heterocycles. The molecule has 1 N–H and O–H groups in total. The minimum absolute atomic E-state index is 0.0354. The molecule has 1 amide bonds. The molecular weight excluding hydrogens is 418 g/mol. The summed E-state index contributed by atoms with van der Waals surface area (Å²) in [6.07, 6.45) is 0. The molecule has 1 fully saturated rings. The van der Waals surface area contributed by atoms with Gasteiger partial charge in [-0.3, -0.25) is 14.6 Å². The molecule has 6 heteroatoms. The summed E-state index contributed by atoms with van der Waals surface area (Å²) >= 11 is 1.76. The minimum Gasteiger partial charge on any atom is -0.496 e. The van der Waals surface area contributed by atoms with Gasteiger partial charge >= 0.3 is 0 Å². The van der Waals surface area contributed by atoms with Gasteiger partial charge in [0.2, 0.25) is 0 Å². The number of nitrogens with one attached hydrogen (secondary N) is 1. The Balaban J connectivity index is 1.43. The molecule has 2 heterocycles. The molecule has 1 aliphatic heterocycles. The zero-order valence-corrected chi connectivity index (χ0v) is 19.6. The molecule has 0 aliphatic carbocycles. The number of piperazine rings is 1. The highest BCUT2D eigenvalue weighted by Crippen LogP contribution is 2.30. The Bertz CT molecular complexity index is 985. The number of ether oxygens (including phenoxy) is 1. The van der Waals surface area contributed by atoms with E-state index in [1.807, 2.05) is 24.3 Å². The van der Waals surface area contributed by atoms with E-state index in [0.717, 1.165) is 32.7 Å². The normalized spacial score (nSPS) is 16.9. The molecule has 4 rings (SSSR count). The number of methoxy groups -OCH3 is 1. The lowest BCUT2D eigenvalue weighted by atomic mass is 10.0. The van der Waals surface area contributed by atoms with Gasteiger partial charge in [-0.05, 0) is 36.1 Å². The zero-order valence-electron chi connectivity index (χ0n) is 18.7. The first-order chi connectivity index (χ1) is 15.7. The number of thiophene rings is 1. The average molecular weight is 450 g/mol. The van der Waals surface area contributed by atoms with Crippen LogP contribution in [0.5, 0.6) is 5.75 Å². The van der Waals surface area contributed by atoms with E-state index in [1.165, 1.54) is 10.4 Å². The van der Waals surface area contributed by atoms with Crippen molar-refractivity contribution in [1.29, 1.82) is 0 Å². The highest BCUT2D eigenvalue weighted by Gasteiger charge is 2.31. The molecule has 1 aliphatic rings. The maximum Gasteiger partial charge on any atom is 0.255 e. The van der Waals surface area contributed by atoms with Crippen molar-refractivity contribution in [1.82, 2.24) is 15.1 Å². The van der Waals surface area contributed by atoms with E-state index in [9.17, 15) is 4.79 Å². The summed E-state index contributed by atoms with van der Waals surface area (Å²) in [7, 11) is 1.60. The number of carbonyl (C=O) groups excluding carboxylic acids is 1. The van der Waals surface area contributed by atoms with Gasteiger partial charge in [-0.2, -0.15) is 0 Å². The SMILES string of the molecule is COc1ccccc1C(=O)N[C@@H](C)[C@@H](c1cccs1)N1CCN(Cc2ccccc2)CC1. The molecule has 32 heavy (non-hydrogen) atoms. The lowest BCUT2D eigenvalue weighted by Gasteiger charge is -2.41. The average Bonchev–Trinajstić information content (AvgIpc) is 3.35. The molecule has 3 aromatic rings. The van der Waals surface area contributed by atoms with Crippen LogP contribution in [-0.2, 0) is 6.54 Å². The molecule has 168 valence electrons. The summed E-state index contributed by atoms with van der Waals surface area (Å²) in [6.45, 7) is 7.08. The van der Waals surface area contributed by atoms with E-state index in [1.54, 1.807) is 18.4 Å². The predicted octanol–water partition coefficient (Wildman–Crippen LogP) is 4.43. The van der Waals surface area contributed by atoms with Gasteiger partial charge in [-0.15, -0.1) is 11.3 Å². The van der Waals surface area contributed by atoms with Crippen molar-refractivity contribution in [2.24, 2.45) is 0 Å². The lowest BCUT2D eigenvalue weighted by molar-refractivity contribution is 0.0713. The minimum atomic E-state index is -0.0979. The second kappa shape index (κ2) is 10.8. The molecule has 1 aromatic heterocycles. The van der Waals surface area contributed by atoms with Crippen LogP contribution in [0.4, 0.5) is 0 Å². The summed E-state index contributed by atoms with van der Waals surface area (Å²) in [4.78, 5) is 19.3. The first-order valence-electron chi connectivity index (χ1n) is 11.1. The summed E-state index contributed by atoms with van der Waals surface area (Å²) < 4.78 is 5.38. The fourth-order valence-corrected chi connectivity index (χ4v) is 5.40. The Morgan fingerprint density at radius 3 is 2.41 bits per heavy atom. The van der Waals surface area contributed by atoms with Gasteiger partial charge < -0.3 is 10.1 Å². The van der Waals surface area contributed by atoms with Crippen molar-refractivity contribution in [3.05, 3.63) is 88.1 Å². The van der Waals surface area contributed by atoms with Gasteiger partial charge in [0.05, 0.1) is 18.7 Å². The standard InChI is InChI=1S/C26H31N3O2S/c1-20(27-26(30)22-11-6-7-12-23(22)31-2)25(24-13-8-18-32-24)29-16-14-28(15-17-29)19-21-9-4-3-5-10-21/h3-13,18,20,25H,14-17,19H2,1-2H3,(H,27,30)/t20-,25-/m0/s1. The van der Waals surface area contributed by atoms with E-state index in [0.29, 0.717) is 11.3 Å². The lowest BCUT2D eigenvalue weighted by Crippen LogP contribution is -2.52. The van der Waals surface area contributed by atoms with Crippen LogP contribution in [-0.4, -0.2) is 55.0 Å². The number of rotatable bonds is 8. The summed E-state index contributed by atoms with van der Waals surface area (Å²) in [5.41, 5.74) is 1.92. The van der Waals surface area contributed by atoms with Crippen molar-refractivity contribution in [3.63, 3.8) is 0 Å². The highest BCUT2D eigenvalue weighted by molar-refractivity contribution is 7.10. The van der Waals surface area contributed by atoms with Gasteiger partial charge in [0.25, 0.3) is 5.91 Å². The van der Waals surface area contributed by atoms with Crippen molar-refractivity contribution >= 4 is 17.2 Å². The largest absolute Gasteiger partial charge is 0.496 e. The van der Waals surface area contributed by atoms with Gasteiger partial charge in [0.1, 0.15) is 5.75 Å². The fraction of sp³-hybridized carbons (Fsp3) is 0.346. The topological polar surface area (TPSA) is 44.8 Å². The van der Waals surface area contributed by atoms with E-state index in [4.69, 9.17) is 4.74 Å². The summed E-state index contributed by atoms with van der Waals surface area (Å²) in [5.74, 6) is 0.499. The van der Waals surface area contributed by atoms with E-state index >= 15 is 0 Å². The number of amides is 1. The van der Waals surface area contributed by atoms with Crippen LogP contribution in [0.25, 0.3) is 0 Å².